The first kappa shape index (κ1) is 24.2. The maximum absolute atomic E-state index is 12.6. The second-order valence-corrected chi connectivity index (χ2v) is 11.0. The van der Waals surface area contributed by atoms with E-state index >= 15 is 0 Å². The Kier molecular flexibility index (Phi) is 7.46. The molecule has 0 aliphatic carbocycles. The number of thiazole rings is 1. The van der Waals surface area contributed by atoms with E-state index in [1.807, 2.05) is 78.9 Å². The summed E-state index contributed by atoms with van der Waals surface area (Å²) in [6.07, 6.45) is 0. The number of nitrogens with one attached hydrogen (secondary N) is 2. The number of carbonyl (C=O) groups is 2. The number of hydrogen-bond acceptors (Lipinski definition) is 5. The first-order valence-electron chi connectivity index (χ1n) is 11.1. The molecule has 0 atom stereocenters. The van der Waals surface area contributed by atoms with Gasteiger partial charge in [0.25, 0.3) is 5.91 Å². The lowest BCUT2D eigenvalue weighted by Gasteiger charge is -2.06. The van der Waals surface area contributed by atoms with Crippen LogP contribution in [-0.2, 0) is 4.79 Å². The highest BCUT2D eigenvalue weighted by Gasteiger charge is 2.12. The molecule has 1 heterocycles. The number of nitrogens with zero attached hydrogens (tertiary/aromatic N) is 1. The van der Waals surface area contributed by atoms with Crippen LogP contribution < -0.4 is 10.6 Å². The summed E-state index contributed by atoms with van der Waals surface area (Å²) >= 11 is 6.30. The van der Waals surface area contributed by atoms with Gasteiger partial charge in [0.1, 0.15) is 0 Å². The predicted molar refractivity (Wildman–Crippen MR) is 153 cm³/mol. The van der Waals surface area contributed by atoms with E-state index in [4.69, 9.17) is 0 Å². The van der Waals surface area contributed by atoms with Gasteiger partial charge in [-0.25, -0.2) is 4.98 Å². The van der Waals surface area contributed by atoms with E-state index in [9.17, 15) is 9.59 Å². The van der Waals surface area contributed by atoms with Crippen molar-refractivity contribution >= 4 is 72.4 Å². The second-order valence-electron chi connectivity index (χ2n) is 7.88. The fourth-order valence-corrected chi connectivity index (χ4v) is 5.96. The molecule has 2 amide bonds. The van der Waals surface area contributed by atoms with Gasteiger partial charge < -0.3 is 10.6 Å². The van der Waals surface area contributed by atoms with Crippen LogP contribution in [0, 0.1) is 0 Å². The number of fused-ring (bicyclic) bond motifs is 1. The molecule has 0 unspecified atom stereocenters. The van der Waals surface area contributed by atoms with Crippen LogP contribution in [0.25, 0.3) is 21.3 Å². The Balaban J connectivity index is 1.18. The fraction of sp³-hybridized carbons (Fsp3) is 0.0357. The molecule has 36 heavy (non-hydrogen) atoms. The minimum Gasteiger partial charge on any atom is -0.325 e. The molecular weight excluding hydrogens is 554 g/mol. The monoisotopic (exact) mass is 573 g/mol. The number of carbonyl (C=O) groups excluding carboxylic acids is 2. The van der Waals surface area contributed by atoms with Gasteiger partial charge in [0.05, 0.1) is 21.5 Å². The molecule has 5 nitrogen and oxygen atoms in total. The van der Waals surface area contributed by atoms with Crippen LogP contribution >= 0.6 is 39.0 Å². The number of hydrogen-bond donors (Lipinski definition) is 2. The van der Waals surface area contributed by atoms with Gasteiger partial charge in [-0.2, -0.15) is 0 Å². The maximum Gasteiger partial charge on any atom is 0.256 e. The minimum atomic E-state index is -0.186. The van der Waals surface area contributed by atoms with Crippen molar-refractivity contribution in [3.8, 4) is 11.1 Å². The number of thioether (sulfide) groups is 1. The summed E-state index contributed by atoms with van der Waals surface area (Å²) in [7, 11) is 0. The Labute approximate surface area is 225 Å². The third-order valence-electron chi connectivity index (χ3n) is 5.35. The largest absolute Gasteiger partial charge is 0.325 e. The molecule has 4 aromatic carbocycles. The number of rotatable bonds is 7. The van der Waals surface area contributed by atoms with Crippen LogP contribution in [0.15, 0.2) is 106 Å². The summed E-state index contributed by atoms with van der Waals surface area (Å²) in [6.45, 7) is 0. The lowest BCUT2D eigenvalue weighted by atomic mass is 10.1. The van der Waals surface area contributed by atoms with Crippen molar-refractivity contribution in [1.82, 2.24) is 4.98 Å². The molecule has 8 heteroatoms. The molecule has 0 spiro atoms. The van der Waals surface area contributed by atoms with Gasteiger partial charge in [-0.3, -0.25) is 9.59 Å². The SMILES string of the molecule is O=C(CSc1nc2ccc(NC(=O)c3ccccc3Br)cc2s1)Nc1ccc(-c2ccccc2)cc1. The van der Waals surface area contributed by atoms with Gasteiger partial charge in [0.15, 0.2) is 4.34 Å². The zero-order chi connectivity index (χ0) is 24.9. The van der Waals surface area contributed by atoms with Crippen LogP contribution in [0.1, 0.15) is 10.4 Å². The summed E-state index contributed by atoms with van der Waals surface area (Å²) in [5.74, 6) is -0.0196. The van der Waals surface area contributed by atoms with E-state index in [0.29, 0.717) is 11.3 Å². The van der Waals surface area contributed by atoms with E-state index in [-0.39, 0.29) is 17.6 Å². The number of amides is 2. The Morgan fingerprint density at radius 2 is 1.50 bits per heavy atom. The van der Waals surface area contributed by atoms with E-state index in [1.54, 1.807) is 6.07 Å². The topological polar surface area (TPSA) is 71.1 Å². The quantitative estimate of drug-likeness (QED) is 0.195. The average Bonchev–Trinajstić information content (AvgIpc) is 3.31. The van der Waals surface area contributed by atoms with E-state index in [1.165, 1.54) is 23.1 Å². The first-order chi connectivity index (χ1) is 17.5. The highest BCUT2D eigenvalue weighted by atomic mass is 79.9. The second kappa shape index (κ2) is 11.1. The Bertz CT molecular complexity index is 1540. The van der Waals surface area contributed by atoms with Gasteiger partial charge in [0.2, 0.25) is 5.91 Å². The minimum absolute atomic E-state index is 0.0897. The van der Waals surface area contributed by atoms with Crippen molar-refractivity contribution in [1.29, 1.82) is 0 Å². The van der Waals surface area contributed by atoms with Crippen molar-refractivity contribution in [2.45, 2.75) is 4.34 Å². The van der Waals surface area contributed by atoms with Crippen LogP contribution in [0.5, 0.6) is 0 Å². The van der Waals surface area contributed by atoms with Gasteiger partial charge in [0, 0.05) is 15.8 Å². The molecular formula is C28H20BrN3O2S2. The number of benzene rings is 4. The fourth-order valence-electron chi connectivity index (χ4n) is 3.59. The Morgan fingerprint density at radius 3 is 2.28 bits per heavy atom. The zero-order valence-corrected chi connectivity index (χ0v) is 22.1. The van der Waals surface area contributed by atoms with Crippen LogP contribution in [-0.4, -0.2) is 22.6 Å². The number of anilines is 2. The Morgan fingerprint density at radius 1 is 0.806 bits per heavy atom. The van der Waals surface area contributed by atoms with Gasteiger partial charge >= 0.3 is 0 Å². The van der Waals surface area contributed by atoms with Crippen LogP contribution in [0.3, 0.4) is 0 Å². The molecule has 0 saturated carbocycles. The molecule has 1 aromatic heterocycles. The molecule has 5 rings (SSSR count). The number of aromatic nitrogens is 1. The molecule has 178 valence electrons. The maximum atomic E-state index is 12.6. The number of halogens is 1. The van der Waals surface area contributed by atoms with Crippen LogP contribution in [0.2, 0.25) is 0 Å². The van der Waals surface area contributed by atoms with Crippen molar-refractivity contribution in [2.24, 2.45) is 0 Å². The lowest BCUT2D eigenvalue weighted by Crippen LogP contribution is -2.13. The Hall–Kier alpha value is -3.46. The standard InChI is InChI=1S/C28H20BrN3O2S2/c29-23-9-5-4-8-22(23)27(34)31-21-14-15-24-25(16-21)36-28(32-24)35-17-26(33)30-20-12-10-19(11-13-20)18-6-2-1-3-7-18/h1-16H,17H2,(H,30,33)(H,31,34). The first-order valence-corrected chi connectivity index (χ1v) is 13.7. The predicted octanol–water partition coefficient (Wildman–Crippen LogP) is 7.71. The highest BCUT2D eigenvalue weighted by molar-refractivity contribution is 9.10. The molecule has 2 N–H and O–H groups in total. The highest BCUT2D eigenvalue weighted by Crippen LogP contribution is 2.32. The van der Waals surface area contributed by atoms with Crippen LogP contribution in [0.4, 0.5) is 11.4 Å². The summed E-state index contributed by atoms with van der Waals surface area (Å²) in [5.41, 5.74) is 5.09. The molecule has 0 bridgehead atoms. The van der Waals surface area contributed by atoms with Crippen molar-refractivity contribution < 1.29 is 9.59 Å². The average molecular weight is 575 g/mol. The normalized spacial score (nSPS) is 10.8. The summed E-state index contributed by atoms with van der Waals surface area (Å²) in [5, 5.41) is 5.87. The zero-order valence-electron chi connectivity index (χ0n) is 18.9. The molecule has 0 fully saturated rings. The smallest absolute Gasteiger partial charge is 0.256 e. The van der Waals surface area contributed by atoms with Crippen molar-refractivity contribution in [3.63, 3.8) is 0 Å². The summed E-state index contributed by atoms with van der Waals surface area (Å²) in [6, 6.07) is 30.8. The van der Waals surface area contributed by atoms with E-state index in [2.05, 4.69) is 43.7 Å². The summed E-state index contributed by atoms with van der Waals surface area (Å²) in [4.78, 5) is 29.7. The van der Waals surface area contributed by atoms with Gasteiger partial charge in [-0.15, -0.1) is 11.3 Å². The molecule has 0 saturated heterocycles. The van der Waals surface area contributed by atoms with Gasteiger partial charge in [-0.1, -0.05) is 66.4 Å². The van der Waals surface area contributed by atoms with Crippen molar-refractivity contribution in [2.75, 3.05) is 16.4 Å². The van der Waals surface area contributed by atoms with E-state index in [0.717, 1.165) is 35.8 Å². The molecule has 0 radical (unpaired) electrons. The van der Waals surface area contributed by atoms with Crippen molar-refractivity contribution in [3.05, 3.63) is 107 Å². The van der Waals surface area contributed by atoms with E-state index < -0.39 is 0 Å². The molecule has 0 aliphatic rings. The van der Waals surface area contributed by atoms with Gasteiger partial charge in [-0.05, 0) is 69.5 Å². The molecule has 0 aliphatic heterocycles. The summed E-state index contributed by atoms with van der Waals surface area (Å²) < 4.78 is 2.48. The molecule has 5 aromatic rings. The third kappa shape index (κ3) is 5.84. The third-order valence-corrected chi connectivity index (χ3v) is 8.20. The lowest BCUT2D eigenvalue weighted by molar-refractivity contribution is -0.113.